The molecular weight excluding hydrogens is 200 g/mol. The number of carbonyl (C=O) groups is 1. The lowest BCUT2D eigenvalue weighted by molar-refractivity contribution is 0.0990. The Balaban J connectivity index is 1.78. The van der Waals surface area contributed by atoms with Crippen LogP contribution in [0.2, 0.25) is 0 Å². The minimum atomic E-state index is 0.176. The number of carbonyl (C=O) groups excluding carboxylic acids is 1. The number of hydrogen-bond donors (Lipinski definition) is 2. The summed E-state index contributed by atoms with van der Waals surface area (Å²) in [5.74, 6) is 0.176. The molecule has 1 aliphatic carbocycles. The number of rotatable bonds is 4. The van der Waals surface area contributed by atoms with Crippen LogP contribution in [0.3, 0.4) is 0 Å². The van der Waals surface area contributed by atoms with Gasteiger partial charge in [-0.1, -0.05) is 0 Å². The first-order chi connectivity index (χ1) is 7.83. The third-order valence-corrected chi connectivity index (χ3v) is 3.00. The van der Waals surface area contributed by atoms with Gasteiger partial charge in [0, 0.05) is 28.7 Å². The zero-order chi connectivity index (χ0) is 11.0. The number of Topliss-reactive ketones (excluding diaryl/α,β-unsaturated/α-hetero) is 1. The molecule has 16 heavy (non-hydrogen) atoms. The number of H-pyrrole nitrogens is 1. The van der Waals surface area contributed by atoms with Gasteiger partial charge in [0.2, 0.25) is 0 Å². The van der Waals surface area contributed by atoms with E-state index in [-0.39, 0.29) is 5.78 Å². The molecule has 0 unspecified atom stereocenters. The summed E-state index contributed by atoms with van der Waals surface area (Å²) in [4.78, 5) is 15.0. The third kappa shape index (κ3) is 1.86. The van der Waals surface area contributed by atoms with Crippen molar-refractivity contribution in [3.05, 3.63) is 36.0 Å². The smallest absolute Gasteiger partial charge is 0.176 e. The number of ketones is 1. The van der Waals surface area contributed by atoms with Crippen molar-refractivity contribution in [3.63, 3.8) is 0 Å². The minimum Gasteiger partial charge on any atom is -0.361 e. The lowest BCUT2D eigenvalue weighted by Crippen LogP contribution is -2.24. The monoisotopic (exact) mass is 214 g/mol. The van der Waals surface area contributed by atoms with Crippen molar-refractivity contribution in [1.82, 2.24) is 10.3 Å². The van der Waals surface area contributed by atoms with Crippen LogP contribution >= 0.6 is 0 Å². The summed E-state index contributed by atoms with van der Waals surface area (Å²) < 4.78 is 0. The van der Waals surface area contributed by atoms with Gasteiger partial charge in [-0.05, 0) is 37.1 Å². The van der Waals surface area contributed by atoms with Crippen molar-refractivity contribution < 1.29 is 4.79 Å². The highest BCUT2D eigenvalue weighted by atomic mass is 16.1. The maximum atomic E-state index is 11.9. The van der Waals surface area contributed by atoms with Gasteiger partial charge in [-0.15, -0.1) is 0 Å². The summed E-state index contributed by atoms with van der Waals surface area (Å²) >= 11 is 0. The summed E-state index contributed by atoms with van der Waals surface area (Å²) in [6.07, 6.45) is 4.32. The highest BCUT2D eigenvalue weighted by molar-refractivity contribution is 6.00. The number of hydrogen-bond acceptors (Lipinski definition) is 2. The largest absolute Gasteiger partial charge is 0.361 e. The number of aromatic nitrogens is 1. The van der Waals surface area contributed by atoms with E-state index >= 15 is 0 Å². The molecule has 0 amide bonds. The van der Waals surface area contributed by atoms with Crippen LogP contribution in [0.1, 0.15) is 23.2 Å². The molecule has 3 nitrogen and oxygen atoms in total. The summed E-state index contributed by atoms with van der Waals surface area (Å²) in [6, 6.07) is 8.36. The highest BCUT2D eigenvalue weighted by Crippen LogP contribution is 2.19. The maximum Gasteiger partial charge on any atom is 0.176 e. The fraction of sp³-hybridized carbons (Fsp3) is 0.308. The predicted molar refractivity (Wildman–Crippen MR) is 63.7 cm³/mol. The van der Waals surface area contributed by atoms with Crippen LogP contribution in [0.5, 0.6) is 0 Å². The van der Waals surface area contributed by atoms with Gasteiger partial charge >= 0.3 is 0 Å². The Hall–Kier alpha value is -1.61. The van der Waals surface area contributed by atoms with E-state index in [0.717, 1.165) is 16.5 Å². The van der Waals surface area contributed by atoms with Crippen LogP contribution in [0, 0.1) is 0 Å². The molecular formula is C13H14N2O. The fourth-order valence-electron chi connectivity index (χ4n) is 1.85. The normalized spacial score (nSPS) is 15.5. The summed E-state index contributed by atoms with van der Waals surface area (Å²) in [5.41, 5.74) is 1.87. The Morgan fingerprint density at radius 1 is 1.38 bits per heavy atom. The first kappa shape index (κ1) is 9.60. The number of benzene rings is 1. The molecule has 0 radical (unpaired) electrons. The van der Waals surface area contributed by atoms with Crippen LogP contribution in [0.15, 0.2) is 30.5 Å². The molecule has 0 atom stereocenters. The third-order valence-electron chi connectivity index (χ3n) is 3.00. The highest BCUT2D eigenvalue weighted by Gasteiger charge is 2.21. The molecule has 1 saturated carbocycles. The Labute approximate surface area is 93.9 Å². The Morgan fingerprint density at radius 2 is 2.25 bits per heavy atom. The summed E-state index contributed by atoms with van der Waals surface area (Å²) in [5, 5.41) is 4.33. The lowest BCUT2D eigenvalue weighted by Gasteiger charge is -2.02. The van der Waals surface area contributed by atoms with Gasteiger partial charge < -0.3 is 10.3 Å². The van der Waals surface area contributed by atoms with E-state index in [0.29, 0.717) is 12.6 Å². The Kier molecular flexibility index (Phi) is 2.26. The average Bonchev–Trinajstić information content (AvgIpc) is 3.01. The van der Waals surface area contributed by atoms with Gasteiger partial charge in [0.25, 0.3) is 0 Å². The molecule has 1 aromatic carbocycles. The fourth-order valence-corrected chi connectivity index (χ4v) is 1.85. The van der Waals surface area contributed by atoms with E-state index < -0.39 is 0 Å². The van der Waals surface area contributed by atoms with Gasteiger partial charge in [-0.25, -0.2) is 0 Å². The van der Waals surface area contributed by atoms with Gasteiger partial charge in [-0.2, -0.15) is 0 Å². The molecule has 3 heteroatoms. The van der Waals surface area contributed by atoms with E-state index in [1.165, 1.54) is 12.8 Å². The van der Waals surface area contributed by atoms with Crippen LogP contribution < -0.4 is 5.32 Å². The molecule has 0 saturated heterocycles. The molecule has 0 bridgehead atoms. The standard InChI is InChI=1S/C13H14N2O/c16-13(8-15-11-2-3-11)10-1-4-12-9(7-10)5-6-14-12/h1,4-7,11,14-15H,2-3,8H2. The van der Waals surface area contributed by atoms with Crippen molar-refractivity contribution in [1.29, 1.82) is 0 Å². The average molecular weight is 214 g/mol. The van der Waals surface area contributed by atoms with E-state index in [4.69, 9.17) is 0 Å². The molecule has 2 aromatic rings. The van der Waals surface area contributed by atoms with E-state index in [1.807, 2.05) is 30.5 Å². The molecule has 3 rings (SSSR count). The molecule has 1 heterocycles. The zero-order valence-electron chi connectivity index (χ0n) is 8.99. The number of nitrogens with one attached hydrogen (secondary N) is 2. The van der Waals surface area contributed by atoms with E-state index in [1.54, 1.807) is 0 Å². The van der Waals surface area contributed by atoms with Gasteiger partial charge in [0.1, 0.15) is 0 Å². The van der Waals surface area contributed by atoms with Crippen molar-refractivity contribution in [2.45, 2.75) is 18.9 Å². The SMILES string of the molecule is O=C(CNC1CC1)c1ccc2[nH]ccc2c1. The van der Waals surface area contributed by atoms with E-state index in [2.05, 4.69) is 10.3 Å². The van der Waals surface area contributed by atoms with Gasteiger partial charge in [0.15, 0.2) is 5.78 Å². The van der Waals surface area contributed by atoms with Gasteiger partial charge in [0.05, 0.1) is 6.54 Å². The first-order valence-electron chi connectivity index (χ1n) is 5.67. The van der Waals surface area contributed by atoms with Crippen molar-refractivity contribution in [3.8, 4) is 0 Å². The van der Waals surface area contributed by atoms with Gasteiger partial charge in [-0.3, -0.25) is 4.79 Å². The van der Waals surface area contributed by atoms with Crippen LogP contribution in [-0.4, -0.2) is 23.4 Å². The second-order valence-corrected chi connectivity index (χ2v) is 4.36. The van der Waals surface area contributed by atoms with Crippen LogP contribution in [-0.2, 0) is 0 Å². The van der Waals surface area contributed by atoms with Crippen molar-refractivity contribution in [2.24, 2.45) is 0 Å². The number of fused-ring (bicyclic) bond motifs is 1. The quantitative estimate of drug-likeness (QED) is 0.765. The minimum absolute atomic E-state index is 0.176. The van der Waals surface area contributed by atoms with E-state index in [9.17, 15) is 4.79 Å². The maximum absolute atomic E-state index is 11.9. The summed E-state index contributed by atoms with van der Waals surface area (Å²) in [6.45, 7) is 0.459. The predicted octanol–water partition coefficient (Wildman–Crippen LogP) is 2.10. The molecule has 1 fully saturated rings. The zero-order valence-corrected chi connectivity index (χ0v) is 8.99. The lowest BCUT2D eigenvalue weighted by atomic mass is 10.1. The molecule has 1 aliphatic rings. The molecule has 82 valence electrons. The van der Waals surface area contributed by atoms with Crippen LogP contribution in [0.4, 0.5) is 0 Å². The summed E-state index contributed by atoms with van der Waals surface area (Å²) in [7, 11) is 0. The topological polar surface area (TPSA) is 44.9 Å². The molecule has 0 spiro atoms. The second kappa shape index (κ2) is 3.76. The Bertz CT molecular complexity index is 525. The first-order valence-corrected chi connectivity index (χ1v) is 5.67. The molecule has 0 aliphatic heterocycles. The molecule has 1 aromatic heterocycles. The molecule has 2 N–H and O–H groups in total. The van der Waals surface area contributed by atoms with Crippen molar-refractivity contribution >= 4 is 16.7 Å². The second-order valence-electron chi connectivity index (χ2n) is 4.36. The Morgan fingerprint density at radius 3 is 3.06 bits per heavy atom. The number of aromatic amines is 1. The van der Waals surface area contributed by atoms with Crippen molar-refractivity contribution in [2.75, 3.05) is 6.54 Å². The van der Waals surface area contributed by atoms with Crippen LogP contribution in [0.25, 0.3) is 10.9 Å².